The summed E-state index contributed by atoms with van der Waals surface area (Å²) in [6.07, 6.45) is 4.46. The maximum atomic E-state index is 13.1. The van der Waals surface area contributed by atoms with Gasteiger partial charge in [0.2, 0.25) is 0 Å². The lowest BCUT2D eigenvalue weighted by Crippen LogP contribution is -2.45. The van der Waals surface area contributed by atoms with E-state index in [2.05, 4.69) is 31.4 Å². The largest absolute Gasteiger partial charge is 0.348 e. The van der Waals surface area contributed by atoms with E-state index in [-0.39, 0.29) is 42.3 Å². The number of piperidine rings is 1. The van der Waals surface area contributed by atoms with E-state index in [0.717, 1.165) is 66.8 Å². The highest BCUT2D eigenvalue weighted by Gasteiger charge is 2.30. The summed E-state index contributed by atoms with van der Waals surface area (Å²) in [5, 5.41) is 12.2. The third-order valence-electron chi connectivity index (χ3n) is 5.34. The number of fused-ring (bicyclic) bond motifs is 1. The van der Waals surface area contributed by atoms with Gasteiger partial charge >= 0.3 is 0 Å². The predicted octanol–water partition coefficient (Wildman–Crippen LogP) is 3.70. The Morgan fingerprint density at radius 2 is 1.96 bits per heavy atom. The Morgan fingerprint density at radius 1 is 1.25 bits per heavy atom. The number of halogens is 2. The first kappa shape index (κ1) is 22.9. The van der Waals surface area contributed by atoms with Crippen LogP contribution in [0, 0.1) is 6.92 Å². The summed E-state index contributed by atoms with van der Waals surface area (Å²) in [5.74, 6) is 0.496. The molecule has 0 aromatic carbocycles. The van der Waals surface area contributed by atoms with E-state index >= 15 is 0 Å². The molecule has 1 aliphatic carbocycles. The minimum absolute atomic E-state index is 0. The molecule has 28 heavy (non-hydrogen) atoms. The molecule has 1 unspecified atom stereocenters. The molecule has 1 atom stereocenters. The Morgan fingerprint density at radius 3 is 2.54 bits per heavy atom. The van der Waals surface area contributed by atoms with Gasteiger partial charge < -0.3 is 10.6 Å². The third-order valence-corrected chi connectivity index (χ3v) is 5.34. The summed E-state index contributed by atoms with van der Waals surface area (Å²) in [6.45, 7) is 10.2. The zero-order valence-corrected chi connectivity index (χ0v) is 18.7. The van der Waals surface area contributed by atoms with Gasteiger partial charge in [0.05, 0.1) is 22.2 Å². The fourth-order valence-electron chi connectivity index (χ4n) is 3.78. The number of carbonyl (C=O) groups excluding carboxylic acids is 1. The van der Waals surface area contributed by atoms with E-state index in [1.165, 1.54) is 0 Å². The number of nitrogens with one attached hydrogen (secondary N) is 2. The topological polar surface area (TPSA) is 71.8 Å². The van der Waals surface area contributed by atoms with Crippen molar-refractivity contribution < 1.29 is 4.79 Å². The Hall–Kier alpha value is -1.37. The molecule has 6 nitrogen and oxygen atoms in total. The average molecular weight is 428 g/mol. The molecule has 1 saturated heterocycles. The van der Waals surface area contributed by atoms with Gasteiger partial charge in [-0.3, -0.25) is 4.79 Å². The Kier molecular flexibility index (Phi) is 7.00. The summed E-state index contributed by atoms with van der Waals surface area (Å²) in [5.41, 5.74) is 3.30. The van der Waals surface area contributed by atoms with Crippen molar-refractivity contribution in [2.24, 2.45) is 0 Å². The molecule has 2 aliphatic rings. The summed E-state index contributed by atoms with van der Waals surface area (Å²) in [4.78, 5) is 18.1. The molecule has 156 valence electrons. The number of aromatic nitrogens is 3. The number of hydrogen-bond acceptors (Lipinski definition) is 4. The molecular formula is C20H31Cl2N5O. The van der Waals surface area contributed by atoms with Crippen LogP contribution in [-0.4, -0.2) is 39.8 Å². The van der Waals surface area contributed by atoms with Crippen molar-refractivity contribution in [3.05, 3.63) is 23.0 Å². The van der Waals surface area contributed by atoms with E-state index in [4.69, 9.17) is 10.1 Å². The van der Waals surface area contributed by atoms with Gasteiger partial charge in [0, 0.05) is 24.2 Å². The summed E-state index contributed by atoms with van der Waals surface area (Å²) < 4.78 is 1.97. The molecule has 0 radical (unpaired) electrons. The number of hydrogen-bond donors (Lipinski definition) is 2. The predicted molar refractivity (Wildman–Crippen MR) is 117 cm³/mol. The van der Waals surface area contributed by atoms with Crippen molar-refractivity contribution in [1.29, 1.82) is 0 Å². The van der Waals surface area contributed by atoms with Gasteiger partial charge in [0.25, 0.3) is 5.91 Å². The van der Waals surface area contributed by atoms with E-state index in [9.17, 15) is 4.79 Å². The van der Waals surface area contributed by atoms with Gasteiger partial charge in [-0.1, -0.05) is 0 Å². The fraction of sp³-hybridized carbons (Fsp3) is 0.650. The van der Waals surface area contributed by atoms with Gasteiger partial charge in [-0.25, -0.2) is 9.67 Å². The standard InChI is InChI=1S/C20H29N5O.2ClH/c1-12-17-15(19(26)22-14-6-5-9-21-11-14)10-16(13-7-8-13)23-18(17)25(24-12)20(2,3)4;;/h10,13-14,21H,5-9,11H2,1-4H3,(H,22,26);2*1H. The van der Waals surface area contributed by atoms with Crippen molar-refractivity contribution >= 4 is 41.8 Å². The fourth-order valence-corrected chi connectivity index (χ4v) is 3.78. The number of amides is 1. The van der Waals surface area contributed by atoms with Gasteiger partial charge in [0.15, 0.2) is 5.65 Å². The number of carbonyl (C=O) groups is 1. The van der Waals surface area contributed by atoms with Crippen molar-refractivity contribution in [3.8, 4) is 0 Å². The lowest BCUT2D eigenvalue weighted by molar-refractivity contribution is 0.0932. The zero-order chi connectivity index (χ0) is 18.5. The highest BCUT2D eigenvalue weighted by atomic mass is 35.5. The molecule has 4 rings (SSSR count). The van der Waals surface area contributed by atoms with Crippen molar-refractivity contribution in [2.45, 2.75) is 70.9 Å². The van der Waals surface area contributed by atoms with Crippen molar-refractivity contribution in [1.82, 2.24) is 25.4 Å². The highest BCUT2D eigenvalue weighted by Crippen LogP contribution is 2.41. The lowest BCUT2D eigenvalue weighted by Gasteiger charge is -2.24. The molecule has 0 spiro atoms. The molecule has 2 fully saturated rings. The van der Waals surface area contributed by atoms with Crippen LogP contribution in [0.4, 0.5) is 0 Å². The molecule has 1 saturated carbocycles. The minimum atomic E-state index is -0.178. The quantitative estimate of drug-likeness (QED) is 0.782. The normalized spacial score (nSPS) is 19.6. The van der Waals surface area contributed by atoms with Crippen LogP contribution in [0.5, 0.6) is 0 Å². The van der Waals surface area contributed by atoms with Gasteiger partial charge in [-0.15, -0.1) is 24.8 Å². The van der Waals surface area contributed by atoms with Crippen LogP contribution in [0.15, 0.2) is 6.07 Å². The molecule has 2 aromatic rings. The van der Waals surface area contributed by atoms with E-state index in [1.807, 2.05) is 17.7 Å². The Bertz CT molecular complexity index is 848. The second-order valence-corrected chi connectivity index (χ2v) is 8.75. The van der Waals surface area contributed by atoms with Crippen LogP contribution in [-0.2, 0) is 5.54 Å². The van der Waals surface area contributed by atoms with Crippen LogP contribution >= 0.6 is 24.8 Å². The van der Waals surface area contributed by atoms with Crippen LogP contribution in [0.1, 0.15) is 74.1 Å². The summed E-state index contributed by atoms with van der Waals surface area (Å²) >= 11 is 0. The molecule has 1 aliphatic heterocycles. The van der Waals surface area contributed by atoms with Gasteiger partial charge in [-0.05, 0) is 66.0 Å². The van der Waals surface area contributed by atoms with Crippen LogP contribution in [0.25, 0.3) is 11.0 Å². The van der Waals surface area contributed by atoms with Gasteiger partial charge in [-0.2, -0.15) is 5.10 Å². The maximum absolute atomic E-state index is 13.1. The molecule has 1 amide bonds. The van der Waals surface area contributed by atoms with Crippen LogP contribution in [0.2, 0.25) is 0 Å². The van der Waals surface area contributed by atoms with E-state index in [0.29, 0.717) is 5.92 Å². The molecule has 2 N–H and O–H groups in total. The Balaban J connectivity index is 0.00000140. The lowest BCUT2D eigenvalue weighted by atomic mass is 10.0. The number of rotatable bonds is 3. The number of pyridine rings is 1. The Labute approximate surface area is 179 Å². The second-order valence-electron chi connectivity index (χ2n) is 8.75. The van der Waals surface area contributed by atoms with Crippen molar-refractivity contribution in [3.63, 3.8) is 0 Å². The molecular weight excluding hydrogens is 397 g/mol. The number of aryl methyl sites for hydroxylation is 1. The monoisotopic (exact) mass is 427 g/mol. The van der Waals surface area contributed by atoms with Gasteiger partial charge in [0.1, 0.15) is 0 Å². The second kappa shape index (κ2) is 8.56. The molecule has 0 bridgehead atoms. The average Bonchev–Trinajstić information content (AvgIpc) is 3.38. The first-order valence-electron chi connectivity index (χ1n) is 9.77. The third kappa shape index (κ3) is 4.44. The molecule has 8 heteroatoms. The first-order chi connectivity index (χ1) is 12.3. The summed E-state index contributed by atoms with van der Waals surface area (Å²) in [6, 6.07) is 2.20. The van der Waals surface area contributed by atoms with Crippen LogP contribution < -0.4 is 10.6 Å². The first-order valence-corrected chi connectivity index (χ1v) is 9.77. The van der Waals surface area contributed by atoms with E-state index < -0.39 is 0 Å². The van der Waals surface area contributed by atoms with Crippen molar-refractivity contribution in [2.75, 3.05) is 13.1 Å². The SMILES string of the molecule is Cc1nn(C(C)(C)C)c2nc(C3CC3)cc(C(=O)NC3CCCNC3)c12.Cl.Cl. The number of nitrogens with zero attached hydrogens (tertiary/aromatic N) is 3. The molecule has 3 heterocycles. The molecule has 2 aromatic heterocycles. The van der Waals surface area contributed by atoms with E-state index in [1.54, 1.807) is 0 Å². The highest BCUT2D eigenvalue weighted by molar-refractivity contribution is 6.06. The smallest absolute Gasteiger partial charge is 0.252 e. The summed E-state index contributed by atoms with van der Waals surface area (Å²) in [7, 11) is 0. The van der Waals surface area contributed by atoms with Crippen LogP contribution in [0.3, 0.4) is 0 Å². The minimum Gasteiger partial charge on any atom is -0.348 e. The maximum Gasteiger partial charge on any atom is 0.252 e. The zero-order valence-electron chi connectivity index (χ0n) is 17.0.